The number of halogens is 3. The van der Waals surface area contributed by atoms with Gasteiger partial charge in [0.25, 0.3) is 5.91 Å². The van der Waals surface area contributed by atoms with Gasteiger partial charge in [-0.3, -0.25) is 4.79 Å². The topological polar surface area (TPSA) is 52.9 Å². The number of amides is 1. The Kier molecular flexibility index (Phi) is 4.63. The molecular formula is C15H9F3N2OS. The Balaban J connectivity index is 2.20. The lowest BCUT2D eigenvalue weighted by molar-refractivity contribution is -0.137. The first-order valence-corrected chi connectivity index (χ1v) is 6.92. The molecule has 112 valence electrons. The van der Waals surface area contributed by atoms with Crippen LogP contribution in [-0.2, 0) is 11.0 Å². The molecule has 2 rings (SSSR count). The molecule has 0 aliphatic rings. The number of hydrogen-bond donors (Lipinski definition) is 1. The second-order valence-electron chi connectivity index (χ2n) is 4.22. The zero-order valence-electron chi connectivity index (χ0n) is 11.0. The van der Waals surface area contributed by atoms with Crippen LogP contribution < -0.4 is 5.32 Å². The zero-order valence-corrected chi connectivity index (χ0v) is 11.8. The maximum absolute atomic E-state index is 12.6. The first-order valence-electron chi connectivity index (χ1n) is 6.04. The number of thiophene rings is 1. The van der Waals surface area contributed by atoms with Crippen molar-refractivity contribution in [2.75, 3.05) is 5.32 Å². The van der Waals surface area contributed by atoms with Crippen LogP contribution >= 0.6 is 11.3 Å². The normalized spacial score (nSPS) is 11.8. The molecule has 1 amide bonds. The van der Waals surface area contributed by atoms with Gasteiger partial charge in [-0.05, 0) is 35.7 Å². The molecule has 0 aliphatic heterocycles. The summed E-state index contributed by atoms with van der Waals surface area (Å²) >= 11 is 1.34. The van der Waals surface area contributed by atoms with E-state index in [1.165, 1.54) is 29.5 Å². The fourth-order valence-electron chi connectivity index (χ4n) is 1.64. The van der Waals surface area contributed by atoms with Gasteiger partial charge >= 0.3 is 6.18 Å². The molecule has 1 aromatic heterocycles. The Morgan fingerprint density at radius 2 is 2.05 bits per heavy atom. The largest absolute Gasteiger partial charge is 0.416 e. The summed E-state index contributed by atoms with van der Waals surface area (Å²) in [6, 6.07) is 9.46. The Labute approximate surface area is 128 Å². The number of nitriles is 1. The summed E-state index contributed by atoms with van der Waals surface area (Å²) in [7, 11) is 0. The van der Waals surface area contributed by atoms with E-state index in [0.717, 1.165) is 12.1 Å². The predicted molar refractivity (Wildman–Crippen MR) is 78.0 cm³/mol. The first-order chi connectivity index (χ1) is 10.4. The zero-order chi connectivity index (χ0) is 16.2. The molecule has 0 atom stereocenters. The number of rotatable bonds is 3. The summed E-state index contributed by atoms with van der Waals surface area (Å²) in [5.41, 5.74) is -1.07. The smallest absolute Gasteiger partial charge is 0.321 e. The van der Waals surface area contributed by atoms with Crippen LogP contribution in [0.1, 0.15) is 10.4 Å². The molecule has 0 unspecified atom stereocenters. The van der Waals surface area contributed by atoms with Crippen LogP contribution in [0.5, 0.6) is 0 Å². The van der Waals surface area contributed by atoms with Crippen molar-refractivity contribution in [1.82, 2.24) is 0 Å². The molecule has 1 aromatic carbocycles. The molecule has 0 radical (unpaired) electrons. The second kappa shape index (κ2) is 6.45. The summed E-state index contributed by atoms with van der Waals surface area (Å²) in [4.78, 5) is 12.7. The molecule has 0 fully saturated rings. The van der Waals surface area contributed by atoms with Crippen molar-refractivity contribution in [3.63, 3.8) is 0 Å². The van der Waals surface area contributed by atoms with Crippen LogP contribution in [0.3, 0.4) is 0 Å². The molecule has 0 aliphatic carbocycles. The average molecular weight is 322 g/mol. The van der Waals surface area contributed by atoms with Gasteiger partial charge in [0.1, 0.15) is 11.6 Å². The number of carbonyl (C=O) groups excluding carboxylic acids is 1. The number of hydrogen-bond acceptors (Lipinski definition) is 3. The number of carbonyl (C=O) groups is 1. The van der Waals surface area contributed by atoms with Crippen molar-refractivity contribution in [1.29, 1.82) is 5.26 Å². The first kappa shape index (κ1) is 15.8. The molecule has 0 bridgehead atoms. The minimum atomic E-state index is -4.49. The van der Waals surface area contributed by atoms with Gasteiger partial charge in [-0.25, -0.2) is 0 Å². The second-order valence-corrected chi connectivity index (χ2v) is 5.20. The van der Waals surface area contributed by atoms with Gasteiger partial charge in [-0.2, -0.15) is 18.4 Å². The van der Waals surface area contributed by atoms with Gasteiger partial charge in [0.15, 0.2) is 0 Å². The molecule has 1 heterocycles. The van der Waals surface area contributed by atoms with E-state index in [9.17, 15) is 18.0 Å². The van der Waals surface area contributed by atoms with E-state index >= 15 is 0 Å². The molecule has 22 heavy (non-hydrogen) atoms. The van der Waals surface area contributed by atoms with Gasteiger partial charge < -0.3 is 5.32 Å². The van der Waals surface area contributed by atoms with E-state index in [1.807, 2.05) is 0 Å². The molecule has 1 N–H and O–H groups in total. The summed E-state index contributed by atoms with van der Waals surface area (Å²) in [5.74, 6) is -0.754. The minimum Gasteiger partial charge on any atom is -0.321 e. The van der Waals surface area contributed by atoms with E-state index in [0.29, 0.717) is 4.88 Å². The maximum atomic E-state index is 12.6. The van der Waals surface area contributed by atoms with E-state index in [-0.39, 0.29) is 11.3 Å². The van der Waals surface area contributed by atoms with Crippen molar-refractivity contribution < 1.29 is 18.0 Å². The fourth-order valence-corrected chi connectivity index (χ4v) is 2.29. The van der Waals surface area contributed by atoms with Gasteiger partial charge in [0.2, 0.25) is 0 Å². The van der Waals surface area contributed by atoms with E-state index in [2.05, 4.69) is 5.32 Å². The standard InChI is InChI=1S/C15H9F3N2OS/c16-15(17,18)11-3-1-4-12(8-11)20-14(21)10(9-19)7-13-5-2-6-22-13/h1-8H,(H,20,21). The summed E-state index contributed by atoms with van der Waals surface area (Å²) in [6.45, 7) is 0. The lowest BCUT2D eigenvalue weighted by Crippen LogP contribution is -2.14. The Hall–Kier alpha value is -2.59. The van der Waals surface area contributed by atoms with Crippen molar-refractivity contribution in [3.05, 3.63) is 57.8 Å². The highest BCUT2D eigenvalue weighted by atomic mass is 32.1. The minimum absolute atomic E-state index is 0.0212. The van der Waals surface area contributed by atoms with Crippen LogP contribution in [0.15, 0.2) is 47.4 Å². The van der Waals surface area contributed by atoms with Crippen LogP contribution in [0, 0.1) is 11.3 Å². The van der Waals surface area contributed by atoms with Crippen molar-refractivity contribution >= 4 is 29.0 Å². The maximum Gasteiger partial charge on any atom is 0.416 e. The lowest BCUT2D eigenvalue weighted by atomic mass is 10.1. The van der Waals surface area contributed by atoms with Crippen molar-refractivity contribution in [2.24, 2.45) is 0 Å². The van der Waals surface area contributed by atoms with E-state index < -0.39 is 17.6 Å². The van der Waals surface area contributed by atoms with Crippen LogP contribution in [0.4, 0.5) is 18.9 Å². The van der Waals surface area contributed by atoms with Crippen LogP contribution in [0.2, 0.25) is 0 Å². The van der Waals surface area contributed by atoms with Crippen LogP contribution in [-0.4, -0.2) is 5.91 Å². The Morgan fingerprint density at radius 1 is 1.27 bits per heavy atom. The number of nitrogens with zero attached hydrogens (tertiary/aromatic N) is 1. The van der Waals surface area contributed by atoms with Crippen LogP contribution in [0.25, 0.3) is 6.08 Å². The highest BCUT2D eigenvalue weighted by molar-refractivity contribution is 7.10. The van der Waals surface area contributed by atoms with Crippen molar-refractivity contribution in [3.8, 4) is 6.07 Å². The summed E-state index contributed by atoms with van der Waals surface area (Å²) < 4.78 is 37.8. The fraction of sp³-hybridized carbons (Fsp3) is 0.0667. The Bertz CT molecular complexity index is 743. The van der Waals surface area contributed by atoms with Gasteiger partial charge in [0.05, 0.1) is 5.56 Å². The molecule has 3 nitrogen and oxygen atoms in total. The highest BCUT2D eigenvalue weighted by Gasteiger charge is 2.30. The quantitative estimate of drug-likeness (QED) is 0.676. The molecular weight excluding hydrogens is 313 g/mol. The SMILES string of the molecule is N#CC(=Cc1cccs1)C(=O)Nc1cccc(C(F)(F)F)c1. The molecule has 7 heteroatoms. The molecule has 0 saturated heterocycles. The van der Waals surface area contributed by atoms with Gasteiger partial charge in [-0.15, -0.1) is 11.3 Å². The number of anilines is 1. The van der Waals surface area contributed by atoms with E-state index in [4.69, 9.17) is 5.26 Å². The number of nitrogens with one attached hydrogen (secondary N) is 1. The third-order valence-electron chi connectivity index (χ3n) is 2.64. The average Bonchev–Trinajstić information content (AvgIpc) is 2.97. The third kappa shape index (κ3) is 3.96. The third-order valence-corrected chi connectivity index (χ3v) is 3.46. The molecule has 0 spiro atoms. The highest BCUT2D eigenvalue weighted by Crippen LogP contribution is 2.30. The van der Waals surface area contributed by atoms with Gasteiger partial charge in [-0.1, -0.05) is 12.1 Å². The molecule has 0 saturated carbocycles. The van der Waals surface area contributed by atoms with E-state index in [1.54, 1.807) is 23.6 Å². The monoisotopic (exact) mass is 322 g/mol. The number of benzene rings is 1. The molecule has 2 aromatic rings. The predicted octanol–water partition coefficient (Wildman–Crippen LogP) is 4.31. The van der Waals surface area contributed by atoms with Gasteiger partial charge in [0, 0.05) is 10.6 Å². The Morgan fingerprint density at radius 3 is 2.64 bits per heavy atom. The number of alkyl halides is 3. The lowest BCUT2D eigenvalue weighted by Gasteiger charge is -2.09. The van der Waals surface area contributed by atoms with Crippen molar-refractivity contribution in [2.45, 2.75) is 6.18 Å². The summed E-state index contributed by atoms with van der Waals surface area (Å²) in [6.07, 6.45) is -3.11. The summed E-state index contributed by atoms with van der Waals surface area (Å²) in [5, 5.41) is 13.1.